The van der Waals surface area contributed by atoms with Crippen LogP contribution in [0.15, 0.2) is 129 Å². The largest absolute Gasteiger partial charge is 1.00 e. The van der Waals surface area contributed by atoms with E-state index in [2.05, 4.69) is 174 Å². The number of allylic oxidation sites excluding steroid dienone is 4. The Morgan fingerprint density at radius 3 is 1.33 bits per heavy atom. The van der Waals surface area contributed by atoms with E-state index in [1.165, 1.54) is 22.3 Å². The smallest absolute Gasteiger partial charge is 1.00 e. The maximum absolute atomic E-state index is 2.88. The first-order valence-electron chi connectivity index (χ1n) is 16.3. The molecule has 0 bridgehead atoms. The van der Waals surface area contributed by atoms with E-state index >= 15 is 0 Å². The predicted molar refractivity (Wildman–Crippen MR) is 199 cm³/mol. The first-order valence-corrected chi connectivity index (χ1v) is 30.7. The summed E-state index contributed by atoms with van der Waals surface area (Å²) in [6.07, 6.45) is 2.88. The zero-order chi connectivity index (χ0) is 31.4. The van der Waals surface area contributed by atoms with Crippen molar-refractivity contribution >= 4 is 27.4 Å². The van der Waals surface area contributed by atoms with Crippen molar-refractivity contribution in [3.05, 3.63) is 151 Å². The van der Waals surface area contributed by atoms with E-state index in [1.807, 2.05) is 8.48 Å². The summed E-state index contributed by atoms with van der Waals surface area (Å²) in [7, 11) is -4.87. The monoisotopic (exact) mass is 772 g/mol. The Morgan fingerprint density at radius 1 is 0.522 bits per heavy atom. The van der Waals surface area contributed by atoms with E-state index in [4.69, 9.17) is 0 Å². The summed E-state index contributed by atoms with van der Waals surface area (Å²) in [6, 6.07) is 41.8. The normalized spacial score (nSPS) is 16.0. The van der Waals surface area contributed by atoms with Gasteiger partial charge in [0.25, 0.3) is 0 Å². The first kappa shape index (κ1) is 37.2. The topological polar surface area (TPSA) is 0 Å². The summed E-state index contributed by atoms with van der Waals surface area (Å²) in [6.45, 7) is 23.7. The van der Waals surface area contributed by atoms with E-state index in [0.717, 1.165) is 0 Å². The molecule has 2 aliphatic carbocycles. The van der Waals surface area contributed by atoms with Crippen LogP contribution < -0.4 is 24.8 Å². The van der Waals surface area contributed by atoms with Gasteiger partial charge in [0.2, 0.25) is 0 Å². The molecule has 0 N–H and O–H groups in total. The molecule has 0 radical (unpaired) electrons. The van der Waals surface area contributed by atoms with Gasteiger partial charge in [0, 0.05) is 0 Å². The fourth-order valence-corrected chi connectivity index (χ4v) is 32.3. The van der Waals surface area contributed by atoms with Gasteiger partial charge < -0.3 is 24.8 Å². The molecule has 4 aromatic carbocycles. The van der Waals surface area contributed by atoms with Crippen molar-refractivity contribution in [3.8, 4) is 11.1 Å². The van der Waals surface area contributed by atoms with Gasteiger partial charge in [-0.3, -0.25) is 0 Å². The fraction of sp³-hybridized carbons (Fsp3) is 0.275. The quantitative estimate of drug-likeness (QED) is 0.224. The zero-order valence-electron chi connectivity index (χ0n) is 28.9. The van der Waals surface area contributed by atoms with Gasteiger partial charge in [-0.2, -0.15) is 0 Å². The van der Waals surface area contributed by atoms with Crippen LogP contribution in [-0.2, 0) is 21.3 Å². The first-order chi connectivity index (χ1) is 20.8. The molecule has 2 aliphatic rings. The maximum Gasteiger partial charge on any atom is -1.00 e. The van der Waals surface area contributed by atoms with E-state index in [0.29, 0.717) is 9.17 Å². The standard InChI is InChI=1S/C14H29Si3.C13H9.C13H10.2ClH.Zr/c1-15(2,3)12-10-11-13(16(4,5)6)14(12)17(7,8)9;1-3-7-12-10(5-1)9-11-6-2-4-8-13(11)12;1-3-7-12(8-4-1)11-13-9-5-2-6-10-13;;;/h10,13H,1-9H3;1-9H;1-10H;2*1H;/q;;;;;+2/p-2. The van der Waals surface area contributed by atoms with Crippen molar-refractivity contribution in [3.63, 3.8) is 0 Å². The Morgan fingerprint density at radius 2 is 0.935 bits per heavy atom. The Hall–Kier alpha value is -1.66. The third-order valence-corrected chi connectivity index (χ3v) is 25.6. The van der Waals surface area contributed by atoms with Gasteiger partial charge in [-0.1, -0.05) is 0 Å². The number of benzene rings is 4. The molecule has 0 amide bonds. The molecule has 0 heterocycles. The second-order valence-electron chi connectivity index (χ2n) is 15.9. The van der Waals surface area contributed by atoms with Crippen molar-refractivity contribution < 1.29 is 46.1 Å². The fourth-order valence-electron chi connectivity index (χ4n) is 7.83. The summed E-state index contributed by atoms with van der Waals surface area (Å²) in [4.78, 5) is 0. The van der Waals surface area contributed by atoms with Crippen LogP contribution in [0.5, 0.6) is 0 Å². The molecule has 1 unspecified atom stereocenters. The van der Waals surface area contributed by atoms with E-state index < -0.39 is 45.5 Å². The van der Waals surface area contributed by atoms with Crippen molar-refractivity contribution in [1.82, 2.24) is 0 Å². The molecule has 1 atom stereocenters. The minimum Gasteiger partial charge on any atom is -1.00 e. The van der Waals surface area contributed by atoms with Gasteiger partial charge in [0.05, 0.1) is 0 Å². The molecule has 0 aromatic heterocycles. The molecule has 4 aromatic rings. The summed E-state index contributed by atoms with van der Waals surface area (Å²) >= 11 is -2.85. The Bertz CT molecular complexity index is 1720. The number of rotatable bonds is 7. The van der Waals surface area contributed by atoms with E-state index in [9.17, 15) is 0 Å². The average Bonchev–Trinajstić information content (AvgIpc) is 3.55. The van der Waals surface area contributed by atoms with E-state index in [-0.39, 0.29) is 24.8 Å². The Labute approximate surface area is 301 Å². The number of hydrogen-bond donors (Lipinski definition) is 0. The van der Waals surface area contributed by atoms with Crippen LogP contribution in [0.3, 0.4) is 0 Å². The Kier molecular flexibility index (Phi) is 11.4. The molecule has 46 heavy (non-hydrogen) atoms. The van der Waals surface area contributed by atoms with Crippen LogP contribution in [0, 0.1) is 0 Å². The van der Waals surface area contributed by atoms with Gasteiger partial charge in [0.1, 0.15) is 0 Å². The molecule has 0 fully saturated rings. The Balaban J connectivity index is 0.00000240. The molecular formula is C40H48Cl2Si3Zr. The summed E-state index contributed by atoms with van der Waals surface area (Å²) in [5, 5.41) is 3.72. The second-order valence-corrected chi connectivity index (χ2v) is 37.3. The number of halogens is 2. The van der Waals surface area contributed by atoms with Gasteiger partial charge in [-0.05, 0) is 0 Å². The third-order valence-electron chi connectivity index (χ3n) is 9.50. The van der Waals surface area contributed by atoms with Crippen molar-refractivity contribution in [2.24, 2.45) is 0 Å². The van der Waals surface area contributed by atoms with Crippen LogP contribution in [0.25, 0.3) is 11.1 Å². The van der Waals surface area contributed by atoms with Crippen LogP contribution in [0.1, 0.15) is 25.9 Å². The number of hydrogen-bond acceptors (Lipinski definition) is 0. The molecule has 0 spiro atoms. The van der Waals surface area contributed by atoms with Gasteiger partial charge in [-0.15, -0.1) is 0 Å². The molecule has 0 saturated carbocycles. The van der Waals surface area contributed by atoms with Gasteiger partial charge >= 0.3 is 279 Å². The summed E-state index contributed by atoms with van der Waals surface area (Å²) < 4.78 is 4.01. The molecule has 0 nitrogen and oxygen atoms in total. The third kappa shape index (κ3) is 6.91. The summed E-state index contributed by atoms with van der Waals surface area (Å²) in [5.41, 5.74) is 9.55. The molecule has 0 saturated heterocycles. The van der Waals surface area contributed by atoms with Gasteiger partial charge in [0.15, 0.2) is 0 Å². The minimum absolute atomic E-state index is 0. The van der Waals surface area contributed by atoms with Crippen LogP contribution in [-0.4, -0.2) is 27.4 Å². The van der Waals surface area contributed by atoms with Gasteiger partial charge in [-0.25, -0.2) is 0 Å². The predicted octanol–water partition coefficient (Wildman–Crippen LogP) is 5.31. The molecule has 0 aliphatic heterocycles. The molecule has 6 heteroatoms. The van der Waals surface area contributed by atoms with E-state index in [1.54, 1.807) is 19.5 Å². The van der Waals surface area contributed by atoms with Crippen molar-refractivity contribution in [2.75, 3.05) is 0 Å². The van der Waals surface area contributed by atoms with Crippen LogP contribution >= 0.6 is 0 Å². The molecule has 238 valence electrons. The average molecular weight is 775 g/mol. The molecule has 6 rings (SSSR count). The maximum atomic E-state index is 2.88. The van der Waals surface area contributed by atoms with Crippen LogP contribution in [0.2, 0.25) is 64.5 Å². The summed E-state index contributed by atoms with van der Waals surface area (Å²) in [5.74, 6) is 0. The minimum atomic E-state index is -2.85. The van der Waals surface area contributed by atoms with Crippen LogP contribution in [0.4, 0.5) is 0 Å². The number of fused-ring (bicyclic) bond motifs is 3. The second kappa shape index (κ2) is 14.1. The molecular weight excluding hydrogens is 727 g/mol. The zero-order valence-corrected chi connectivity index (χ0v) is 35.9. The van der Waals surface area contributed by atoms with Crippen molar-refractivity contribution in [1.29, 1.82) is 0 Å². The van der Waals surface area contributed by atoms with Crippen molar-refractivity contribution in [2.45, 2.75) is 68.1 Å². The SMILES string of the molecule is C[Si](C)(C)C1=C([Si](C)(C)C)C([Si](C)(C)C)[C]([Zr+2](=[C](c2ccccc2)c2ccccc2)[CH]2c3ccccc3-c3ccccc32)=C1.[Cl-].[Cl-].